The molecule has 0 amide bonds. The Bertz CT molecular complexity index is 1890. The lowest BCUT2D eigenvalue weighted by Crippen LogP contribution is -2.61. The van der Waals surface area contributed by atoms with Gasteiger partial charge in [-0.3, -0.25) is 14.4 Å². The highest BCUT2D eigenvalue weighted by Gasteiger charge is 2.50. The molecule has 0 bridgehead atoms. The van der Waals surface area contributed by atoms with Gasteiger partial charge in [0.05, 0.1) is 6.61 Å². The van der Waals surface area contributed by atoms with E-state index >= 15 is 0 Å². The minimum absolute atomic E-state index is 0.0382. The quantitative estimate of drug-likeness (QED) is 0.0228. The molecule has 3 N–H and O–H groups in total. The van der Waals surface area contributed by atoms with Gasteiger partial charge in [0.25, 0.3) is 0 Å². The van der Waals surface area contributed by atoms with Gasteiger partial charge < -0.3 is 39.0 Å². The number of carbonyl (C=O) groups excluding carboxylic acids is 3. The van der Waals surface area contributed by atoms with Gasteiger partial charge in [-0.1, -0.05) is 246 Å². The number of aliphatic hydroxyl groups is 2. The van der Waals surface area contributed by atoms with Gasteiger partial charge in [0.15, 0.2) is 24.6 Å². The molecule has 1 aliphatic heterocycles. The number of ether oxygens (including phenoxy) is 5. The number of carboxylic acids is 1. The topological polar surface area (TPSA) is 175 Å². The number of hydrogen-bond donors (Lipinski definition) is 3. The monoisotopic (exact) mass is 1190 g/mol. The molecule has 0 aromatic heterocycles. The van der Waals surface area contributed by atoms with Crippen molar-refractivity contribution in [2.45, 2.75) is 314 Å². The summed E-state index contributed by atoms with van der Waals surface area (Å²) in [7, 11) is 0. The molecule has 0 saturated carbocycles. The van der Waals surface area contributed by atoms with E-state index in [4.69, 9.17) is 23.7 Å². The van der Waals surface area contributed by atoms with E-state index in [1.54, 1.807) is 0 Å². The van der Waals surface area contributed by atoms with Gasteiger partial charge in [-0.2, -0.15) is 0 Å². The van der Waals surface area contributed by atoms with E-state index in [-0.39, 0.29) is 25.9 Å². The molecule has 6 unspecified atom stereocenters. The molecule has 1 fully saturated rings. The molecule has 0 spiro atoms. The maximum atomic E-state index is 13.2. The Morgan fingerprint density at radius 3 is 1.13 bits per heavy atom. The largest absolute Gasteiger partial charge is 0.479 e. The highest BCUT2D eigenvalue weighted by Crippen LogP contribution is 2.27. The van der Waals surface area contributed by atoms with Crippen LogP contribution in [0.2, 0.25) is 0 Å². The first-order chi connectivity index (χ1) is 41.6. The first kappa shape index (κ1) is 78.4. The zero-order chi connectivity index (χ0) is 61.7. The van der Waals surface area contributed by atoms with Crippen molar-refractivity contribution in [2.75, 3.05) is 13.2 Å². The van der Waals surface area contributed by atoms with Crippen molar-refractivity contribution < 1.29 is 58.2 Å². The van der Waals surface area contributed by atoms with Crippen LogP contribution in [0.5, 0.6) is 0 Å². The van der Waals surface area contributed by atoms with Crippen molar-refractivity contribution in [3.05, 3.63) is 109 Å². The van der Waals surface area contributed by atoms with Crippen LogP contribution in [0.25, 0.3) is 0 Å². The highest BCUT2D eigenvalue weighted by molar-refractivity contribution is 5.74. The summed E-state index contributed by atoms with van der Waals surface area (Å²) >= 11 is 0. The van der Waals surface area contributed by atoms with Crippen molar-refractivity contribution in [1.82, 2.24) is 0 Å². The van der Waals surface area contributed by atoms with Crippen LogP contribution in [-0.4, -0.2) is 89.2 Å². The lowest BCUT2D eigenvalue weighted by Gasteiger charge is -2.40. The average Bonchev–Trinajstić information content (AvgIpc) is 2.79. The third-order valence-corrected chi connectivity index (χ3v) is 14.8. The molecule has 12 nitrogen and oxygen atoms in total. The Morgan fingerprint density at radius 1 is 0.400 bits per heavy atom. The summed E-state index contributed by atoms with van der Waals surface area (Å²) in [6.45, 7) is 5.76. The summed E-state index contributed by atoms with van der Waals surface area (Å²) in [6.07, 6.45) is 68.9. The van der Waals surface area contributed by atoms with Crippen molar-refractivity contribution >= 4 is 23.9 Å². The summed E-state index contributed by atoms with van der Waals surface area (Å²) in [6, 6.07) is 0. The Balaban J connectivity index is 2.66. The standard InChI is InChI=1S/C73H120O12/c1-4-7-10-13-16-19-22-25-28-31-33-36-38-41-44-47-50-53-56-59-65(74)81-62-64(83-66(75)60-57-54-51-48-45-42-39-35-30-27-24-21-18-15-12-9-6-3)63-82-73-71(69(78)68(77)70(85-73)72(79)80)84-67(76)61-58-55-52-49-46-43-40-37-34-32-29-26-23-20-17-14-11-8-5-2/h8-9,11-12,16-21,25-30,34,37,64,68-71,73,77-78H,4-7,10,13-15,22-24,31-33,35-36,38-63H2,1-3H3,(H,79,80)/b11-8-,12-9-,19-16-,20-17-,21-18-,28-25-,29-26-,30-27-,37-34-. The van der Waals surface area contributed by atoms with E-state index in [1.165, 1.54) is 57.8 Å². The predicted molar refractivity (Wildman–Crippen MR) is 349 cm³/mol. The number of aliphatic carboxylic acids is 1. The number of carboxylic acid groups (broad SMARTS) is 1. The molecule has 6 atom stereocenters. The number of allylic oxidation sites excluding steroid dienone is 18. The van der Waals surface area contributed by atoms with Crippen LogP contribution >= 0.6 is 0 Å². The maximum Gasteiger partial charge on any atom is 0.335 e. The fourth-order valence-corrected chi connectivity index (χ4v) is 9.70. The third-order valence-electron chi connectivity index (χ3n) is 14.8. The van der Waals surface area contributed by atoms with Crippen LogP contribution in [0, 0.1) is 0 Å². The number of esters is 3. The van der Waals surface area contributed by atoms with Gasteiger partial charge in [-0.05, 0) is 122 Å². The van der Waals surface area contributed by atoms with Crippen LogP contribution in [-0.2, 0) is 42.9 Å². The highest BCUT2D eigenvalue weighted by atomic mass is 16.7. The van der Waals surface area contributed by atoms with E-state index < -0.39 is 67.3 Å². The minimum atomic E-state index is -1.92. The molecule has 1 aliphatic rings. The van der Waals surface area contributed by atoms with E-state index in [2.05, 4.69) is 130 Å². The first-order valence-corrected chi connectivity index (χ1v) is 33.9. The summed E-state index contributed by atoms with van der Waals surface area (Å²) in [4.78, 5) is 51.5. The second kappa shape index (κ2) is 59.7. The van der Waals surface area contributed by atoms with E-state index in [0.717, 1.165) is 161 Å². The van der Waals surface area contributed by atoms with Gasteiger partial charge in [0, 0.05) is 19.3 Å². The normalized spacial score (nSPS) is 18.2. The summed E-state index contributed by atoms with van der Waals surface area (Å²) in [5, 5.41) is 31.7. The Morgan fingerprint density at radius 2 is 0.741 bits per heavy atom. The molecule has 85 heavy (non-hydrogen) atoms. The van der Waals surface area contributed by atoms with Gasteiger partial charge in [-0.25, -0.2) is 4.79 Å². The second-order valence-corrected chi connectivity index (χ2v) is 22.7. The van der Waals surface area contributed by atoms with Crippen molar-refractivity contribution in [3.63, 3.8) is 0 Å². The van der Waals surface area contributed by atoms with Crippen LogP contribution < -0.4 is 0 Å². The molecule has 12 heteroatoms. The summed E-state index contributed by atoms with van der Waals surface area (Å²) in [5.41, 5.74) is 0. The number of unbranched alkanes of at least 4 members (excludes halogenated alkanes) is 25. The average molecular weight is 1190 g/mol. The van der Waals surface area contributed by atoms with E-state index in [0.29, 0.717) is 19.3 Å². The minimum Gasteiger partial charge on any atom is -0.479 e. The van der Waals surface area contributed by atoms with E-state index in [9.17, 15) is 34.5 Å². The van der Waals surface area contributed by atoms with Gasteiger partial charge in [0.1, 0.15) is 18.8 Å². The molecule has 484 valence electrons. The van der Waals surface area contributed by atoms with Crippen LogP contribution in [0.3, 0.4) is 0 Å². The molecular formula is C73H120O12. The molecule has 0 radical (unpaired) electrons. The van der Waals surface area contributed by atoms with Gasteiger partial charge in [-0.15, -0.1) is 0 Å². The molecule has 1 heterocycles. The van der Waals surface area contributed by atoms with Crippen LogP contribution in [0.4, 0.5) is 0 Å². The smallest absolute Gasteiger partial charge is 0.335 e. The number of carbonyl (C=O) groups is 4. The predicted octanol–water partition coefficient (Wildman–Crippen LogP) is 18.6. The van der Waals surface area contributed by atoms with Crippen LogP contribution in [0.15, 0.2) is 109 Å². The molecule has 1 saturated heterocycles. The first-order valence-electron chi connectivity index (χ1n) is 33.9. The number of rotatable bonds is 57. The third kappa shape index (κ3) is 49.1. The molecule has 0 aromatic rings. The summed E-state index contributed by atoms with van der Waals surface area (Å²) < 4.78 is 28.6. The lowest BCUT2D eigenvalue weighted by atomic mass is 9.98. The Kier molecular flexibility index (Phi) is 55.1. The molecule has 1 rings (SSSR count). The van der Waals surface area contributed by atoms with Crippen molar-refractivity contribution in [1.29, 1.82) is 0 Å². The van der Waals surface area contributed by atoms with E-state index in [1.807, 2.05) is 0 Å². The summed E-state index contributed by atoms with van der Waals surface area (Å²) in [5.74, 6) is -3.15. The Hall–Kier alpha value is -4.62. The molecule has 0 aliphatic carbocycles. The van der Waals surface area contributed by atoms with Crippen molar-refractivity contribution in [3.8, 4) is 0 Å². The SMILES string of the molecule is CC/C=C\C/C=C\C/C=C\C/C=C\CCCCCCCCC(=O)OC1C(OCC(COC(=O)CCCCCCCCCCC/C=C\C/C=C\CCCCC)OC(=O)CCCCCCCCC/C=C\C/C=C\C/C=C\CC)OC(C(=O)O)C(O)C1O. The number of aliphatic hydroxyl groups excluding tert-OH is 2. The van der Waals surface area contributed by atoms with Gasteiger partial charge >= 0.3 is 23.9 Å². The van der Waals surface area contributed by atoms with Crippen LogP contribution in [0.1, 0.15) is 278 Å². The molecular weight excluding hydrogens is 1070 g/mol. The molecule has 0 aromatic carbocycles. The zero-order valence-electron chi connectivity index (χ0n) is 53.6. The number of hydrogen-bond acceptors (Lipinski definition) is 11. The van der Waals surface area contributed by atoms with Crippen molar-refractivity contribution in [2.24, 2.45) is 0 Å². The fraction of sp³-hybridized carbons (Fsp3) is 0.699. The lowest BCUT2D eigenvalue weighted by molar-refractivity contribution is -0.301. The zero-order valence-corrected chi connectivity index (χ0v) is 53.6. The fourth-order valence-electron chi connectivity index (χ4n) is 9.70. The maximum absolute atomic E-state index is 13.2. The Labute approximate surface area is 516 Å². The second-order valence-electron chi connectivity index (χ2n) is 22.7. The van der Waals surface area contributed by atoms with Gasteiger partial charge in [0.2, 0.25) is 0 Å².